The molecule has 1 aliphatic rings. The molecule has 6 nitrogen and oxygen atoms in total. The van der Waals surface area contributed by atoms with E-state index in [4.69, 9.17) is 5.41 Å². The van der Waals surface area contributed by atoms with Crippen molar-refractivity contribution < 1.29 is 4.79 Å². The number of amides is 1. The molecule has 1 amide bonds. The average molecular weight is 337 g/mol. The molecule has 3 N–H and O–H groups in total. The van der Waals surface area contributed by atoms with Crippen molar-refractivity contribution in [2.24, 2.45) is 0 Å². The van der Waals surface area contributed by atoms with Crippen molar-refractivity contribution in [1.29, 1.82) is 5.41 Å². The summed E-state index contributed by atoms with van der Waals surface area (Å²) in [4.78, 5) is 21.5. The molecule has 2 heterocycles. The van der Waals surface area contributed by atoms with Crippen molar-refractivity contribution >= 4 is 22.9 Å². The molecule has 1 aliphatic heterocycles. The number of aromatic amines is 1. The maximum Gasteiger partial charge on any atom is 0.231 e. The smallest absolute Gasteiger partial charge is 0.231 e. The van der Waals surface area contributed by atoms with Gasteiger partial charge < -0.3 is 10.3 Å². The van der Waals surface area contributed by atoms with Crippen molar-refractivity contribution in [3.8, 4) is 11.8 Å². The molecule has 6 heteroatoms. The summed E-state index contributed by atoms with van der Waals surface area (Å²) in [6.45, 7) is 7.82. The van der Waals surface area contributed by atoms with E-state index in [1.54, 1.807) is 7.05 Å². The monoisotopic (exact) mass is 337 g/mol. The number of imidazole rings is 1. The van der Waals surface area contributed by atoms with E-state index in [-0.39, 0.29) is 17.3 Å². The highest BCUT2D eigenvalue weighted by Crippen LogP contribution is 2.31. The minimum absolute atomic E-state index is 0.0731. The van der Waals surface area contributed by atoms with Gasteiger partial charge in [-0.25, -0.2) is 4.98 Å². The average Bonchev–Trinajstić information content (AvgIpc) is 2.96. The zero-order valence-corrected chi connectivity index (χ0v) is 15.2. The van der Waals surface area contributed by atoms with Crippen LogP contribution in [0.25, 0.3) is 11.0 Å². The Morgan fingerprint density at radius 2 is 2.12 bits per heavy atom. The third-order valence-electron chi connectivity index (χ3n) is 4.76. The summed E-state index contributed by atoms with van der Waals surface area (Å²) >= 11 is 0. The fraction of sp³-hybridized carbons (Fsp3) is 0.421. The van der Waals surface area contributed by atoms with Crippen LogP contribution < -0.4 is 5.32 Å². The lowest BCUT2D eigenvalue weighted by Gasteiger charge is -2.39. The number of fused-ring (bicyclic) bond motifs is 1. The molecule has 1 aromatic heterocycles. The van der Waals surface area contributed by atoms with Gasteiger partial charge in [0.2, 0.25) is 5.91 Å². The summed E-state index contributed by atoms with van der Waals surface area (Å²) in [5, 5.41) is 11.1. The van der Waals surface area contributed by atoms with Gasteiger partial charge in [-0.15, -0.1) is 5.92 Å². The molecule has 0 spiro atoms. The molecule has 1 saturated heterocycles. The Morgan fingerprint density at radius 3 is 2.76 bits per heavy atom. The van der Waals surface area contributed by atoms with Gasteiger partial charge in [0.1, 0.15) is 5.82 Å². The van der Waals surface area contributed by atoms with E-state index in [1.807, 2.05) is 45.9 Å². The van der Waals surface area contributed by atoms with Crippen LogP contribution in [0.15, 0.2) is 18.2 Å². The van der Waals surface area contributed by atoms with Crippen molar-refractivity contribution in [3.05, 3.63) is 29.6 Å². The van der Waals surface area contributed by atoms with Crippen LogP contribution in [0.4, 0.5) is 0 Å². The molecule has 0 aliphatic carbocycles. The second kappa shape index (κ2) is 5.62. The second-order valence-corrected chi connectivity index (χ2v) is 7.25. The quantitative estimate of drug-likeness (QED) is 0.736. The van der Waals surface area contributed by atoms with Gasteiger partial charge in [-0.05, 0) is 45.4 Å². The Morgan fingerprint density at radius 1 is 1.40 bits per heavy atom. The number of nitrogens with one attached hydrogen (secondary N) is 3. The van der Waals surface area contributed by atoms with Crippen molar-refractivity contribution in [3.63, 3.8) is 0 Å². The molecular weight excluding hydrogens is 314 g/mol. The third kappa shape index (κ3) is 2.86. The van der Waals surface area contributed by atoms with Crippen molar-refractivity contribution in [2.75, 3.05) is 7.05 Å². The van der Waals surface area contributed by atoms with Gasteiger partial charge in [-0.1, -0.05) is 12.0 Å². The lowest BCUT2D eigenvalue weighted by Crippen LogP contribution is -2.58. The van der Waals surface area contributed by atoms with Crippen molar-refractivity contribution in [1.82, 2.24) is 20.2 Å². The lowest BCUT2D eigenvalue weighted by atomic mass is 9.86. The van der Waals surface area contributed by atoms with Crippen LogP contribution in [0.1, 0.15) is 45.5 Å². The first-order chi connectivity index (χ1) is 11.7. The fourth-order valence-electron chi connectivity index (χ4n) is 3.13. The second-order valence-electron chi connectivity index (χ2n) is 7.25. The minimum Gasteiger partial charge on any atom is -0.346 e. The predicted octanol–water partition coefficient (Wildman–Crippen LogP) is 2.47. The molecule has 0 unspecified atom stereocenters. The van der Waals surface area contributed by atoms with Gasteiger partial charge in [0.05, 0.1) is 28.4 Å². The highest BCUT2D eigenvalue weighted by molar-refractivity contribution is 5.99. The first kappa shape index (κ1) is 17.0. The largest absolute Gasteiger partial charge is 0.346 e. The molecular formula is C19H23N5O. The van der Waals surface area contributed by atoms with Gasteiger partial charge in [0.25, 0.3) is 0 Å². The summed E-state index contributed by atoms with van der Waals surface area (Å²) in [7, 11) is 1.61. The van der Waals surface area contributed by atoms with E-state index in [9.17, 15) is 4.79 Å². The fourth-order valence-corrected chi connectivity index (χ4v) is 3.13. The molecule has 0 saturated carbocycles. The van der Waals surface area contributed by atoms with E-state index >= 15 is 0 Å². The molecule has 1 atom stereocenters. The van der Waals surface area contributed by atoms with Crippen LogP contribution in [0.3, 0.4) is 0 Å². The Labute approximate surface area is 147 Å². The van der Waals surface area contributed by atoms with E-state index in [2.05, 4.69) is 27.1 Å². The molecule has 25 heavy (non-hydrogen) atoms. The number of aromatic nitrogens is 2. The molecule has 1 fully saturated rings. The van der Waals surface area contributed by atoms with Crippen LogP contribution in [0.5, 0.6) is 0 Å². The van der Waals surface area contributed by atoms with Crippen LogP contribution in [0.2, 0.25) is 0 Å². The first-order valence-electron chi connectivity index (χ1n) is 8.24. The summed E-state index contributed by atoms with van der Waals surface area (Å²) < 4.78 is 0. The maximum atomic E-state index is 12.2. The van der Waals surface area contributed by atoms with Gasteiger partial charge in [-0.3, -0.25) is 15.1 Å². The first-order valence-corrected chi connectivity index (χ1v) is 8.24. The number of hydrogen-bond donors (Lipinski definition) is 3. The number of guanidine groups is 1. The summed E-state index contributed by atoms with van der Waals surface area (Å²) in [5.41, 5.74) is 1.74. The van der Waals surface area contributed by atoms with E-state index in [1.165, 1.54) is 4.90 Å². The highest BCUT2D eigenvalue weighted by atomic mass is 16.2. The zero-order chi connectivity index (χ0) is 18.4. The van der Waals surface area contributed by atoms with E-state index in [0.717, 1.165) is 22.4 Å². The van der Waals surface area contributed by atoms with Crippen molar-refractivity contribution in [2.45, 2.75) is 45.1 Å². The molecule has 1 aromatic carbocycles. The van der Waals surface area contributed by atoms with Gasteiger partial charge >= 0.3 is 0 Å². The van der Waals surface area contributed by atoms with Gasteiger partial charge in [0, 0.05) is 7.05 Å². The number of rotatable bonds is 2. The molecule has 2 aromatic rings. The number of carbonyl (C=O) groups excluding carboxylic acids is 1. The Bertz CT molecular complexity index is 910. The summed E-state index contributed by atoms with van der Waals surface area (Å²) in [6, 6.07) is 5.91. The molecule has 0 radical (unpaired) electrons. The standard InChI is InChI=1S/C19H23N5O/c1-6-9-18(2,3)16-21-13-8-7-12(10-14(13)22-16)19(4)11-15(25)24(5)17(20)23-19/h7-8,10H,11H2,1-5H3,(H2,20,23)(H,21,22)/t19-/m0/s1. The van der Waals surface area contributed by atoms with E-state index < -0.39 is 5.54 Å². The Hall–Kier alpha value is -2.81. The molecule has 130 valence electrons. The number of nitrogens with zero attached hydrogens (tertiary/aromatic N) is 2. The Kier molecular flexibility index (Phi) is 3.83. The van der Waals surface area contributed by atoms with Crippen LogP contribution in [0, 0.1) is 17.3 Å². The normalized spacial score (nSPS) is 21.1. The van der Waals surface area contributed by atoms with E-state index in [0.29, 0.717) is 6.42 Å². The number of H-pyrrole nitrogens is 1. The number of carbonyl (C=O) groups is 1. The highest BCUT2D eigenvalue weighted by Gasteiger charge is 2.38. The van der Waals surface area contributed by atoms with Gasteiger partial charge in [0.15, 0.2) is 5.96 Å². The van der Waals surface area contributed by atoms with Crippen LogP contribution >= 0.6 is 0 Å². The Balaban J connectivity index is 2.03. The zero-order valence-electron chi connectivity index (χ0n) is 15.2. The maximum absolute atomic E-state index is 12.2. The molecule has 0 bridgehead atoms. The predicted molar refractivity (Wildman–Crippen MR) is 98.2 cm³/mol. The van der Waals surface area contributed by atoms with Crippen LogP contribution in [-0.2, 0) is 15.7 Å². The topological polar surface area (TPSA) is 84.9 Å². The van der Waals surface area contributed by atoms with Crippen LogP contribution in [-0.4, -0.2) is 33.8 Å². The third-order valence-corrected chi connectivity index (χ3v) is 4.76. The molecule has 3 rings (SSSR count). The summed E-state index contributed by atoms with van der Waals surface area (Å²) in [5.74, 6) is 6.97. The minimum atomic E-state index is -0.612. The number of benzene rings is 1. The van der Waals surface area contributed by atoms with Gasteiger partial charge in [-0.2, -0.15) is 0 Å². The number of hydrogen-bond acceptors (Lipinski definition) is 3. The SMILES string of the molecule is CC#CC(C)(C)c1nc2ccc([C@]3(C)CC(=O)N(C)C(=N)N3)cc2[nH]1. The summed E-state index contributed by atoms with van der Waals surface area (Å²) in [6.07, 6.45) is 0.297. The lowest BCUT2D eigenvalue weighted by molar-refractivity contribution is -0.129.